The molecule has 0 saturated heterocycles. The molecule has 2 aromatic rings. The highest BCUT2D eigenvalue weighted by Crippen LogP contribution is 2.27. The summed E-state index contributed by atoms with van der Waals surface area (Å²) in [5, 5.41) is 1.50. The van der Waals surface area contributed by atoms with Crippen molar-refractivity contribution in [2.24, 2.45) is 0 Å². The van der Waals surface area contributed by atoms with Gasteiger partial charge in [0.25, 0.3) is 0 Å². The van der Waals surface area contributed by atoms with Gasteiger partial charge in [0.1, 0.15) is 0 Å². The van der Waals surface area contributed by atoms with E-state index in [4.69, 9.17) is 23.2 Å². The molecule has 0 spiro atoms. The zero-order chi connectivity index (χ0) is 11.7. The van der Waals surface area contributed by atoms with Crippen LogP contribution in [-0.2, 0) is 4.74 Å². The summed E-state index contributed by atoms with van der Waals surface area (Å²) in [6, 6.07) is 4.83. The van der Waals surface area contributed by atoms with Gasteiger partial charge < -0.3 is 4.74 Å². The highest BCUT2D eigenvalue weighted by molar-refractivity contribution is 6.37. The van der Waals surface area contributed by atoms with Crippen molar-refractivity contribution >= 4 is 40.1 Å². The van der Waals surface area contributed by atoms with Crippen LogP contribution in [0.1, 0.15) is 10.4 Å². The van der Waals surface area contributed by atoms with Gasteiger partial charge in [-0.05, 0) is 18.2 Å². The third-order valence-electron chi connectivity index (χ3n) is 2.18. The van der Waals surface area contributed by atoms with Crippen molar-refractivity contribution in [3.05, 3.63) is 40.0 Å². The van der Waals surface area contributed by atoms with Crippen molar-refractivity contribution < 1.29 is 9.53 Å². The van der Waals surface area contributed by atoms with Crippen LogP contribution in [0.4, 0.5) is 0 Å². The zero-order valence-corrected chi connectivity index (χ0v) is 9.84. The Balaban J connectivity index is 2.74. The van der Waals surface area contributed by atoms with Crippen molar-refractivity contribution in [2.75, 3.05) is 7.11 Å². The summed E-state index contributed by atoms with van der Waals surface area (Å²) in [6.45, 7) is 0. The summed E-state index contributed by atoms with van der Waals surface area (Å²) in [6.07, 6.45) is 1.58. The van der Waals surface area contributed by atoms with Gasteiger partial charge >= 0.3 is 5.97 Å². The highest BCUT2D eigenvalue weighted by Gasteiger charge is 2.13. The number of rotatable bonds is 1. The molecule has 2 rings (SSSR count). The minimum absolute atomic E-state index is 0.284. The Morgan fingerprint density at radius 3 is 2.75 bits per heavy atom. The Labute approximate surface area is 102 Å². The second kappa shape index (κ2) is 4.28. The van der Waals surface area contributed by atoms with Crippen molar-refractivity contribution in [1.82, 2.24) is 4.98 Å². The van der Waals surface area contributed by atoms with E-state index in [0.29, 0.717) is 20.9 Å². The van der Waals surface area contributed by atoms with Crippen molar-refractivity contribution in [2.45, 2.75) is 0 Å². The van der Waals surface area contributed by atoms with Crippen molar-refractivity contribution in [3.8, 4) is 0 Å². The number of aromatic nitrogens is 1. The van der Waals surface area contributed by atoms with Gasteiger partial charge in [-0.3, -0.25) is 4.98 Å². The molecule has 0 atom stereocenters. The quantitative estimate of drug-likeness (QED) is 0.734. The molecule has 0 aliphatic carbocycles. The predicted octanol–water partition coefficient (Wildman–Crippen LogP) is 3.33. The summed E-state index contributed by atoms with van der Waals surface area (Å²) < 4.78 is 4.62. The predicted molar refractivity (Wildman–Crippen MR) is 63.1 cm³/mol. The average Bonchev–Trinajstić information content (AvgIpc) is 2.28. The maximum absolute atomic E-state index is 11.4. The molecule has 1 aromatic carbocycles. The van der Waals surface area contributed by atoms with Gasteiger partial charge in [0.2, 0.25) is 0 Å². The first-order valence-corrected chi connectivity index (χ1v) is 5.21. The van der Waals surface area contributed by atoms with Gasteiger partial charge in [-0.15, -0.1) is 0 Å². The standard InChI is InChI=1S/C11H7Cl2NO2/c1-16-11(15)7-4-6-8(12)2-3-14-10(6)5-9(7)13/h2-5H,1H3. The van der Waals surface area contributed by atoms with Crippen molar-refractivity contribution in [3.63, 3.8) is 0 Å². The van der Waals surface area contributed by atoms with Crippen LogP contribution >= 0.6 is 23.2 Å². The highest BCUT2D eigenvalue weighted by atomic mass is 35.5. The molecule has 1 heterocycles. The Morgan fingerprint density at radius 2 is 2.06 bits per heavy atom. The fourth-order valence-corrected chi connectivity index (χ4v) is 1.84. The Morgan fingerprint density at radius 1 is 1.31 bits per heavy atom. The smallest absolute Gasteiger partial charge is 0.339 e. The molecular weight excluding hydrogens is 249 g/mol. The number of halogens is 2. The van der Waals surface area contributed by atoms with Gasteiger partial charge in [0, 0.05) is 11.6 Å². The van der Waals surface area contributed by atoms with Gasteiger partial charge in [0.15, 0.2) is 0 Å². The molecule has 0 radical (unpaired) electrons. The number of hydrogen-bond donors (Lipinski definition) is 0. The molecule has 0 N–H and O–H groups in total. The third kappa shape index (κ3) is 1.84. The van der Waals surface area contributed by atoms with E-state index >= 15 is 0 Å². The van der Waals surface area contributed by atoms with Crippen LogP contribution in [-0.4, -0.2) is 18.1 Å². The number of esters is 1. The summed E-state index contributed by atoms with van der Waals surface area (Å²) in [4.78, 5) is 15.5. The number of carbonyl (C=O) groups excluding carboxylic acids is 1. The third-order valence-corrected chi connectivity index (χ3v) is 2.82. The molecule has 0 aliphatic rings. The number of benzene rings is 1. The molecule has 0 amide bonds. The van der Waals surface area contributed by atoms with E-state index in [0.717, 1.165) is 0 Å². The lowest BCUT2D eigenvalue weighted by Gasteiger charge is -2.05. The Bertz CT molecular complexity index is 569. The van der Waals surface area contributed by atoms with Crippen LogP contribution in [0.2, 0.25) is 10.0 Å². The second-order valence-electron chi connectivity index (χ2n) is 3.13. The monoisotopic (exact) mass is 255 g/mol. The maximum Gasteiger partial charge on any atom is 0.339 e. The van der Waals surface area contributed by atoms with Crippen LogP contribution in [0.5, 0.6) is 0 Å². The van der Waals surface area contributed by atoms with Crippen LogP contribution in [0, 0.1) is 0 Å². The number of ether oxygens (including phenoxy) is 1. The van der Waals surface area contributed by atoms with Crippen LogP contribution in [0.3, 0.4) is 0 Å². The number of nitrogens with zero attached hydrogens (tertiary/aromatic N) is 1. The SMILES string of the molecule is COC(=O)c1cc2c(Cl)ccnc2cc1Cl. The molecule has 16 heavy (non-hydrogen) atoms. The summed E-state index contributed by atoms with van der Waals surface area (Å²) in [5.41, 5.74) is 0.928. The molecule has 0 aliphatic heterocycles. The van der Waals surface area contributed by atoms with E-state index in [9.17, 15) is 4.79 Å². The Hall–Kier alpha value is -1.32. The number of fused-ring (bicyclic) bond motifs is 1. The van der Waals surface area contributed by atoms with E-state index in [-0.39, 0.29) is 5.56 Å². The maximum atomic E-state index is 11.4. The molecule has 5 heteroatoms. The van der Waals surface area contributed by atoms with E-state index in [1.165, 1.54) is 7.11 Å². The summed E-state index contributed by atoms with van der Waals surface area (Å²) >= 11 is 11.9. The van der Waals surface area contributed by atoms with Gasteiger partial charge in [-0.25, -0.2) is 4.79 Å². The van der Waals surface area contributed by atoms with Gasteiger partial charge in [-0.2, -0.15) is 0 Å². The second-order valence-corrected chi connectivity index (χ2v) is 3.95. The number of hydrogen-bond acceptors (Lipinski definition) is 3. The topological polar surface area (TPSA) is 39.2 Å². The number of carbonyl (C=O) groups is 1. The van der Waals surface area contributed by atoms with E-state index in [1.54, 1.807) is 24.4 Å². The zero-order valence-electron chi connectivity index (χ0n) is 8.33. The molecule has 0 saturated carbocycles. The molecule has 0 bridgehead atoms. The van der Waals surface area contributed by atoms with E-state index in [1.807, 2.05) is 0 Å². The molecule has 3 nitrogen and oxygen atoms in total. The first-order valence-electron chi connectivity index (χ1n) is 4.45. The lowest BCUT2D eigenvalue weighted by molar-refractivity contribution is 0.0601. The average molecular weight is 256 g/mol. The first-order chi connectivity index (χ1) is 7.63. The first kappa shape index (κ1) is 11.2. The lowest BCUT2D eigenvalue weighted by atomic mass is 10.1. The molecule has 0 fully saturated rings. The fourth-order valence-electron chi connectivity index (χ4n) is 1.40. The van der Waals surface area contributed by atoms with Crippen LogP contribution in [0.15, 0.2) is 24.4 Å². The van der Waals surface area contributed by atoms with Crippen LogP contribution < -0.4 is 0 Å². The Kier molecular flexibility index (Phi) is 2.99. The lowest BCUT2D eigenvalue weighted by Crippen LogP contribution is -2.02. The fraction of sp³-hybridized carbons (Fsp3) is 0.0909. The summed E-state index contributed by atoms with van der Waals surface area (Å²) in [7, 11) is 1.30. The van der Waals surface area contributed by atoms with E-state index < -0.39 is 5.97 Å². The van der Waals surface area contributed by atoms with Crippen LogP contribution in [0.25, 0.3) is 10.9 Å². The largest absolute Gasteiger partial charge is 0.465 e. The van der Waals surface area contributed by atoms with Gasteiger partial charge in [-0.1, -0.05) is 23.2 Å². The van der Waals surface area contributed by atoms with Crippen molar-refractivity contribution in [1.29, 1.82) is 0 Å². The minimum atomic E-state index is -0.494. The number of pyridine rings is 1. The molecule has 1 aromatic heterocycles. The molecular formula is C11H7Cl2NO2. The number of methoxy groups -OCH3 is 1. The normalized spacial score (nSPS) is 10.4. The summed E-state index contributed by atoms with van der Waals surface area (Å²) in [5.74, 6) is -0.494. The minimum Gasteiger partial charge on any atom is -0.465 e. The van der Waals surface area contributed by atoms with Gasteiger partial charge in [0.05, 0.1) is 28.2 Å². The van der Waals surface area contributed by atoms with E-state index in [2.05, 4.69) is 9.72 Å². The molecule has 0 unspecified atom stereocenters. The molecule has 82 valence electrons.